The number of nitrogens with two attached hydrogens (primary N) is 1. The summed E-state index contributed by atoms with van der Waals surface area (Å²) in [4.78, 5) is 5.50. The fraction of sp³-hybridized carbons (Fsp3) is 1.00. The van der Waals surface area contributed by atoms with Crippen LogP contribution in [0.5, 0.6) is 0 Å². The first kappa shape index (κ1) is 14.8. The lowest BCUT2D eigenvalue weighted by molar-refractivity contribution is 0.0840. The van der Waals surface area contributed by atoms with E-state index in [0.717, 1.165) is 18.5 Å². The molecule has 2 saturated heterocycles. The third kappa shape index (κ3) is 3.20. The van der Waals surface area contributed by atoms with E-state index >= 15 is 0 Å². The molecule has 1 aliphatic carbocycles. The van der Waals surface area contributed by atoms with E-state index in [-0.39, 0.29) is 0 Å². The van der Waals surface area contributed by atoms with Crippen molar-refractivity contribution in [3.8, 4) is 0 Å². The molecule has 0 aromatic heterocycles. The average molecular weight is 279 g/mol. The smallest absolute Gasteiger partial charge is 0.0223 e. The molecule has 2 aliphatic heterocycles. The van der Waals surface area contributed by atoms with Gasteiger partial charge in [0, 0.05) is 19.1 Å². The van der Waals surface area contributed by atoms with E-state index < -0.39 is 0 Å². The standard InChI is InChI=1S/C17H33N3/c1-15-5-2-7-17(11-15,13-18)14-19-8-4-10-20-9-3-6-16(20)12-19/h15-16H,2-14,18H2,1H3. The molecular weight excluding hydrogens is 246 g/mol. The number of nitrogens with zero attached hydrogens (tertiary/aromatic N) is 2. The van der Waals surface area contributed by atoms with Crippen molar-refractivity contribution >= 4 is 0 Å². The maximum absolute atomic E-state index is 6.23. The highest BCUT2D eigenvalue weighted by Gasteiger charge is 2.37. The van der Waals surface area contributed by atoms with E-state index in [1.807, 2.05) is 0 Å². The second-order valence-electron chi connectivity index (χ2n) is 7.83. The summed E-state index contributed by atoms with van der Waals surface area (Å²) in [6.45, 7) is 9.84. The van der Waals surface area contributed by atoms with Crippen molar-refractivity contribution in [1.82, 2.24) is 9.80 Å². The van der Waals surface area contributed by atoms with Gasteiger partial charge in [0.1, 0.15) is 0 Å². The first-order valence-corrected chi connectivity index (χ1v) is 8.87. The second kappa shape index (κ2) is 6.33. The van der Waals surface area contributed by atoms with Crippen LogP contribution < -0.4 is 5.73 Å². The largest absolute Gasteiger partial charge is 0.330 e. The number of rotatable bonds is 3. The first-order chi connectivity index (χ1) is 9.71. The topological polar surface area (TPSA) is 32.5 Å². The van der Waals surface area contributed by atoms with Gasteiger partial charge in [-0.3, -0.25) is 4.90 Å². The Balaban J connectivity index is 1.62. The van der Waals surface area contributed by atoms with Crippen LogP contribution in [0, 0.1) is 11.3 Å². The normalized spacial score (nSPS) is 40.5. The summed E-state index contributed by atoms with van der Waals surface area (Å²) in [5.41, 5.74) is 6.65. The molecule has 3 fully saturated rings. The van der Waals surface area contributed by atoms with Crippen molar-refractivity contribution in [2.45, 2.75) is 57.9 Å². The Labute approximate surface area is 124 Å². The molecule has 0 spiro atoms. The highest BCUT2D eigenvalue weighted by atomic mass is 15.3. The molecule has 0 aromatic rings. The van der Waals surface area contributed by atoms with Gasteiger partial charge in [0.25, 0.3) is 0 Å². The van der Waals surface area contributed by atoms with Crippen LogP contribution >= 0.6 is 0 Å². The molecule has 3 nitrogen and oxygen atoms in total. The Kier molecular flexibility index (Phi) is 4.68. The molecule has 0 radical (unpaired) electrons. The van der Waals surface area contributed by atoms with Gasteiger partial charge < -0.3 is 10.6 Å². The van der Waals surface area contributed by atoms with Gasteiger partial charge in [-0.2, -0.15) is 0 Å². The molecule has 1 saturated carbocycles. The molecule has 0 bridgehead atoms. The molecule has 3 heteroatoms. The lowest BCUT2D eigenvalue weighted by atomic mass is 9.69. The Bertz CT molecular complexity index is 319. The summed E-state index contributed by atoms with van der Waals surface area (Å²) in [7, 11) is 0. The predicted molar refractivity (Wildman–Crippen MR) is 84.8 cm³/mol. The van der Waals surface area contributed by atoms with Gasteiger partial charge >= 0.3 is 0 Å². The van der Waals surface area contributed by atoms with Gasteiger partial charge in [-0.25, -0.2) is 0 Å². The van der Waals surface area contributed by atoms with Crippen molar-refractivity contribution in [3.63, 3.8) is 0 Å². The van der Waals surface area contributed by atoms with E-state index in [1.165, 1.54) is 77.7 Å². The van der Waals surface area contributed by atoms with Crippen LogP contribution in [0.2, 0.25) is 0 Å². The minimum Gasteiger partial charge on any atom is -0.330 e. The summed E-state index contributed by atoms with van der Waals surface area (Å²) in [6, 6.07) is 0.841. The van der Waals surface area contributed by atoms with Crippen molar-refractivity contribution in [1.29, 1.82) is 0 Å². The molecule has 0 amide bonds. The minimum absolute atomic E-state index is 0.422. The van der Waals surface area contributed by atoms with Crippen LogP contribution in [0.3, 0.4) is 0 Å². The van der Waals surface area contributed by atoms with Crippen LogP contribution in [-0.2, 0) is 0 Å². The maximum atomic E-state index is 6.23. The van der Waals surface area contributed by atoms with Crippen LogP contribution in [0.4, 0.5) is 0 Å². The van der Waals surface area contributed by atoms with E-state index in [2.05, 4.69) is 16.7 Å². The fourth-order valence-electron chi connectivity index (χ4n) is 5.06. The van der Waals surface area contributed by atoms with Gasteiger partial charge in [0.05, 0.1) is 0 Å². The number of fused-ring (bicyclic) bond motifs is 1. The molecular formula is C17H33N3. The van der Waals surface area contributed by atoms with E-state index in [9.17, 15) is 0 Å². The monoisotopic (exact) mass is 279 g/mol. The second-order valence-corrected chi connectivity index (χ2v) is 7.83. The third-order valence-corrected chi connectivity index (χ3v) is 6.07. The maximum Gasteiger partial charge on any atom is 0.0223 e. The number of hydrogen-bond acceptors (Lipinski definition) is 3. The Morgan fingerprint density at radius 1 is 1.10 bits per heavy atom. The molecule has 2 N–H and O–H groups in total. The zero-order valence-electron chi connectivity index (χ0n) is 13.3. The van der Waals surface area contributed by atoms with Crippen molar-refractivity contribution in [2.75, 3.05) is 39.3 Å². The van der Waals surface area contributed by atoms with Crippen molar-refractivity contribution in [2.24, 2.45) is 17.1 Å². The van der Waals surface area contributed by atoms with Crippen LogP contribution in [-0.4, -0.2) is 55.1 Å². The van der Waals surface area contributed by atoms with Gasteiger partial charge in [-0.15, -0.1) is 0 Å². The van der Waals surface area contributed by atoms with Gasteiger partial charge in [0.15, 0.2) is 0 Å². The van der Waals surface area contributed by atoms with E-state index in [4.69, 9.17) is 5.73 Å². The van der Waals surface area contributed by atoms with Gasteiger partial charge in [0.2, 0.25) is 0 Å². The molecule has 116 valence electrons. The summed E-state index contributed by atoms with van der Waals surface area (Å²) in [5, 5.41) is 0. The summed E-state index contributed by atoms with van der Waals surface area (Å²) < 4.78 is 0. The predicted octanol–water partition coefficient (Wildman–Crippen LogP) is 2.31. The van der Waals surface area contributed by atoms with E-state index in [1.54, 1.807) is 0 Å². The van der Waals surface area contributed by atoms with Crippen molar-refractivity contribution in [3.05, 3.63) is 0 Å². The van der Waals surface area contributed by atoms with Crippen LogP contribution in [0.15, 0.2) is 0 Å². The third-order valence-electron chi connectivity index (χ3n) is 6.07. The Morgan fingerprint density at radius 2 is 1.95 bits per heavy atom. The lowest BCUT2D eigenvalue weighted by Gasteiger charge is -2.43. The summed E-state index contributed by atoms with van der Waals surface area (Å²) in [6.07, 6.45) is 9.71. The molecule has 0 aromatic carbocycles. The molecule has 2 heterocycles. The molecule has 20 heavy (non-hydrogen) atoms. The lowest BCUT2D eigenvalue weighted by Crippen LogP contribution is -2.47. The molecule has 3 rings (SSSR count). The zero-order valence-corrected chi connectivity index (χ0v) is 13.3. The average Bonchev–Trinajstić information content (AvgIpc) is 2.78. The highest BCUT2D eigenvalue weighted by Crippen LogP contribution is 2.39. The van der Waals surface area contributed by atoms with Crippen LogP contribution in [0.1, 0.15) is 51.9 Å². The SMILES string of the molecule is CC1CCCC(CN)(CN2CCCN3CCCC3C2)C1. The van der Waals surface area contributed by atoms with Crippen LogP contribution in [0.25, 0.3) is 0 Å². The summed E-state index contributed by atoms with van der Waals surface area (Å²) in [5.74, 6) is 0.877. The summed E-state index contributed by atoms with van der Waals surface area (Å²) >= 11 is 0. The quantitative estimate of drug-likeness (QED) is 0.860. The van der Waals surface area contributed by atoms with Gasteiger partial charge in [-0.05, 0) is 69.6 Å². The molecule has 3 atom stereocenters. The Hall–Kier alpha value is -0.120. The molecule has 3 unspecified atom stereocenters. The van der Waals surface area contributed by atoms with Gasteiger partial charge in [-0.1, -0.05) is 19.8 Å². The minimum atomic E-state index is 0.422. The molecule has 3 aliphatic rings. The fourth-order valence-corrected chi connectivity index (χ4v) is 5.06. The Morgan fingerprint density at radius 3 is 2.75 bits per heavy atom. The first-order valence-electron chi connectivity index (χ1n) is 8.87. The van der Waals surface area contributed by atoms with E-state index in [0.29, 0.717) is 5.41 Å². The number of hydrogen-bond donors (Lipinski definition) is 1. The zero-order chi connectivity index (χ0) is 14.0. The van der Waals surface area contributed by atoms with Crippen molar-refractivity contribution < 1.29 is 0 Å². The highest BCUT2D eigenvalue weighted by molar-refractivity contribution is 4.92.